The minimum atomic E-state index is -0.265. The number of nitrogens with zero attached hydrogens (tertiary/aromatic N) is 2. The summed E-state index contributed by atoms with van der Waals surface area (Å²) in [5, 5.41) is 7.97. The maximum absolute atomic E-state index is 12.5. The largest absolute Gasteiger partial charge is 0.352 e. The molecule has 2 fully saturated rings. The van der Waals surface area contributed by atoms with Crippen molar-refractivity contribution in [1.82, 2.24) is 15.1 Å². The van der Waals surface area contributed by atoms with E-state index in [1.54, 1.807) is 17.1 Å². The van der Waals surface area contributed by atoms with E-state index in [-0.39, 0.29) is 18.0 Å². The SMILES string of the molecule is CCC(C(=O)NC(C)C1CC2CCC1C2)n1cc(Cl)cn1. The van der Waals surface area contributed by atoms with Crippen molar-refractivity contribution in [2.24, 2.45) is 17.8 Å². The predicted octanol–water partition coefficient (Wildman–Crippen LogP) is 3.43. The maximum Gasteiger partial charge on any atom is 0.245 e. The fourth-order valence-corrected chi connectivity index (χ4v) is 4.46. The lowest BCUT2D eigenvalue weighted by Crippen LogP contribution is -2.43. The van der Waals surface area contributed by atoms with E-state index in [1.807, 2.05) is 6.92 Å². The number of nitrogens with one attached hydrogen (secondary N) is 1. The zero-order valence-electron chi connectivity index (χ0n) is 12.8. The molecule has 2 aliphatic rings. The molecule has 3 rings (SSSR count). The summed E-state index contributed by atoms with van der Waals surface area (Å²) in [6.45, 7) is 4.16. The summed E-state index contributed by atoms with van der Waals surface area (Å²) in [6.07, 6.45) is 9.42. The second-order valence-electron chi connectivity index (χ2n) is 6.70. The smallest absolute Gasteiger partial charge is 0.245 e. The number of carbonyl (C=O) groups is 1. The van der Waals surface area contributed by atoms with Gasteiger partial charge in [-0.25, -0.2) is 0 Å². The molecule has 4 nitrogen and oxygen atoms in total. The Hall–Kier alpha value is -1.03. The van der Waals surface area contributed by atoms with Crippen LogP contribution in [0.4, 0.5) is 0 Å². The van der Waals surface area contributed by atoms with Crippen LogP contribution in [0.5, 0.6) is 0 Å². The van der Waals surface area contributed by atoms with Crippen LogP contribution in [0.3, 0.4) is 0 Å². The van der Waals surface area contributed by atoms with Crippen LogP contribution in [0.2, 0.25) is 5.02 Å². The topological polar surface area (TPSA) is 46.9 Å². The Morgan fingerprint density at radius 2 is 2.33 bits per heavy atom. The molecule has 1 N–H and O–H groups in total. The predicted molar refractivity (Wildman–Crippen MR) is 83.1 cm³/mol. The second kappa shape index (κ2) is 5.99. The summed E-state index contributed by atoms with van der Waals surface area (Å²) < 4.78 is 1.67. The average molecular weight is 310 g/mol. The molecule has 2 saturated carbocycles. The van der Waals surface area contributed by atoms with Gasteiger partial charge in [-0.15, -0.1) is 0 Å². The van der Waals surface area contributed by atoms with Gasteiger partial charge in [0, 0.05) is 12.2 Å². The van der Waals surface area contributed by atoms with Gasteiger partial charge in [0.1, 0.15) is 6.04 Å². The van der Waals surface area contributed by atoms with Crippen LogP contribution in [0.25, 0.3) is 0 Å². The van der Waals surface area contributed by atoms with E-state index in [9.17, 15) is 4.79 Å². The summed E-state index contributed by atoms with van der Waals surface area (Å²) in [4.78, 5) is 12.5. The van der Waals surface area contributed by atoms with E-state index in [0.29, 0.717) is 17.4 Å². The minimum absolute atomic E-state index is 0.0625. The molecule has 5 heteroatoms. The first kappa shape index (κ1) is 14.9. The lowest BCUT2D eigenvalue weighted by atomic mass is 9.84. The van der Waals surface area contributed by atoms with Gasteiger partial charge < -0.3 is 5.32 Å². The van der Waals surface area contributed by atoms with Crippen LogP contribution in [0.1, 0.15) is 52.0 Å². The van der Waals surface area contributed by atoms with Gasteiger partial charge in [-0.3, -0.25) is 9.48 Å². The van der Waals surface area contributed by atoms with Gasteiger partial charge in [0.2, 0.25) is 5.91 Å². The number of fused-ring (bicyclic) bond motifs is 2. The first-order valence-corrected chi connectivity index (χ1v) is 8.46. The van der Waals surface area contributed by atoms with Gasteiger partial charge in [0.25, 0.3) is 0 Å². The van der Waals surface area contributed by atoms with E-state index in [1.165, 1.54) is 25.7 Å². The molecule has 0 aromatic carbocycles. The highest BCUT2D eigenvalue weighted by Gasteiger charge is 2.42. The molecule has 1 heterocycles. The van der Waals surface area contributed by atoms with Gasteiger partial charge in [0.15, 0.2) is 0 Å². The molecule has 116 valence electrons. The summed E-state index contributed by atoms with van der Waals surface area (Å²) in [5.41, 5.74) is 0. The van der Waals surface area contributed by atoms with Crippen molar-refractivity contribution in [3.05, 3.63) is 17.4 Å². The molecule has 2 aliphatic carbocycles. The first-order valence-electron chi connectivity index (χ1n) is 8.08. The summed E-state index contributed by atoms with van der Waals surface area (Å²) in [5.74, 6) is 2.45. The minimum Gasteiger partial charge on any atom is -0.352 e. The number of hydrogen-bond donors (Lipinski definition) is 1. The van der Waals surface area contributed by atoms with Gasteiger partial charge in [0.05, 0.1) is 11.2 Å². The third kappa shape index (κ3) is 2.96. The first-order chi connectivity index (χ1) is 10.1. The van der Waals surface area contributed by atoms with Crippen molar-refractivity contribution in [2.45, 2.75) is 58.0 Å². The molecule has 0 aliphatic heterocycles. The molecule has 0 saturated heterocycles. The third-order valence-electron chi connectivity index (χ3n) is 5.38. The van der Waals surface area contributed by atoms with Gasteiger partial charge in [-0.05, 0) is 50.4 Å². The molecule has 1 amide bonds. The highest BCUT2D eigenvalue weighted by atomic mass is 35.5. The van der Waals surface area contributed by atoms with Crippen LogP contribution in [0, 0.1) is 17.8 Å². The molecule has 1 aromatic heterocycles. The number of halogens is 1. The Labute approximate surface area is 131 Å². The molecule has 5 atom stereocenters. The molecule has 21 heavy (non-hydrogen) atoms. The molecule has 0 radical (unpaired) electrons. The number of rotatable bonds is 5. The standard InChI is InChI=1S/C16H24ClN3O/c1-3-15(20-9-13(17)8-18-20)16(21)19-10(2)14-7-11-4-5-12(14)6-11/h8-12,14-15H,3-7H2,1-2H3,(H,19,21). The van der Waals surface area contributed by atoms with Crippen molar-refractivity contribution >= 4 is 17.5 Å². The van der Waals surface area contributed by atoms with Crippen molar-refractivity contribution in [3.63, 3.8) is 0 Å². The Morgan fingerprint density at radius 3 is 2.86 bits per heavy atom. The van der Waals surface area contributed by atoms with Crippen LogP contribution < -0.4 is 5.32 Å². The third-order valence-corrected chi connectivity index (χ3v) is 5.58. The van der Waals surface area contributed by atoms with Crippen molar-refractivity contribution in [1.29, 1.82) is 0 Å². The summed E-state index contributed by atoms with van der Waals surface area (Å²) >= 11 is 5.90. The number of aromatic nitrogens is 2. The fraction of sp³-hybridized carbons (Fsp3) is 0.750. The molecule has 2 bridgehead atoms. The lowest BCUT2D eigenvalue weighted by molar-refractivity contribution is -0.125. The van der Waals surface area contributed by atoms with Crippen LogP contribution >= 0.6 is 11.6 Å². The molecular weight excluding hydrogens is 286 g/mol. The van der Waals surface area contributed by atoms with E-state index < -0.39 is 0 Å². The monoisotopic (exact) mass is 309 g/mol. The Kier molecular flexibility index (Phi) is 4.25. The van der Waals surface area contributed by atoms with Crippen molar-refractivity contribution < 1.29 is 4.79 Å². The van der Waals surface area contributed by atoms with Gasteiger partial charge >= 0.3 is 0 Å². The van der Waals surface area contributed by atoms with Gasteiger partial charge in [-0.2, -0.15) is 5.10 Å². The lowest BCUT2D eigenvalue weighted by Gasteiger charge is -2.29. The quantitative estimate of drug-likeness (QED) is 0.906. The molecule has 5 unspecified atom stereocenters. The van der Waals surface area contributed by atoms with E-state index in [0.717, 1.165) is 11.8 Å². The zero-order chi connectivity index (χ0) is 15.0. The van der Waals surface area contributed by atoms with Gasteiger partial charge in [-0.1, -0.05) is 24.9 Å². The summed E-state index contributed by atoms with van der Waals surface area (Å²) in [6, 6.07) is -0.00794. The van der Waals surface area contributed by atoms with Crippen LogP contribution in [-0.4, -0.2) is 21.7 Å². The highest BCUT2D eigenvalue weighted by Crippen LogP contribution is 2.49. The van der Waals surface area contributed by atoms with E-state index in [2.05, 4.69) is 17.3 Å². The normalized spacial score (nSPS) is 30.3. The zero-order valence-corrected chi connectivity index (χ0v) is 13.5. The molecule has 1 aromatic rings. The van der Waals surface area contributed by atoms with Crippen molar-refractivity contribution in [2.75, 3.05) is 0 Å². The molecular formula is C16H24ClN3O. The Morgan fingerprint density at radius 1 is 1.52 bits per heavy atom. The second-order valence-corrected chi connectivity index (χ2v) is 7.14. The fourth-order valence-electron chi connectivity index (χ4n) is 4.31. The Balaban J connectivity index is 1.62. The van der Waals surface area contributed by atoms with E-state index in [4.69, 9.17) is 11.6 Å². The number of carbonyl (C=O) groups excluding carboxylic acids is 1. The van der Waals surface area contributed by atoms with E-state index >= 15 is 0 Å². The maximum atomic E-state index is 12.5. The van der Waals surface area contributed by atoms with Crippen LogP contribution in [-0.2, 0) is 4.79 Å². The highest BCUT2D eigenvalue weighted by molar-refractivity contribution is 6.30. The molecule has 0 spiro atoms. The number of hydrogen-bond acceptors (Lipinski definition) is 2. The number of amides is 1. The Bertz CT molecular complexity index is 515. The van der Waals surface area contributed by atoms with Crippen molar-refractivity contribution in [3.8, 4) is 0 Å². The average Bonchev–Trinajstić information content (AvgIpc) is 3.16. The van der Waals surface area contributed by atoms with Crippen LogP contribution in [0.15, 0.2) is 12.4 Å². The summed E-state index contributed by atoms with van der Waals surface area (Å²) in [7, 11) is 0.